The maximum Gasteiger partial charge on any atom is 0.338 e. The van der Waals surface area contributed by atoms with Crippen LogP contribution in [0, 0.1) is 23.7 Å². The Morgan fingerprint density at radius 1 is 0.398 bits per heavy atom. The normalized spacial score (nSPS) is 36.7. The summed E-state index contributed by atoms with van der Waals surface area (Å²) in [5, 5.41) is 120. The van der Waals surface area contributed by atoms with Gasteiger partial charge in [0.25, 0.3) is 0 Å². The van der Waals surface area contributed by atoms with Gasteiger partial charge in [-0.3, -0.25) is 0 Å². The molecule has 5 saturated heterocycles. The zero-order chi connectivity index (χ0) is 65.8. The second kappa shape index (κ2) is 39.8. The van der Waals surface area contributed by atoms with E-state index < -0.39 is 117 Å². The van der Waals surface area contributed by atoms with Gasteiger partial charge in [-0.05, 0) is 48.9 Å². The smallest absolute Gasteiger partial charge is 0.338 e. The van der Waals surface area contributed by atoms with Crippen molar-refractivity contribution in [3.63, 3.8) is 0 Å². The topological polar surface area (TPSA) is 399 Å². The van der Waals surface area contributed by atoms with E-state index in [4.69, 9.17) is 78.0 Å². The van der Waals surface area contributed by atoms with E-state index in [1.54, 1.807) is 36.4 Å². The Kier molecular flexibility index (Phi) is 34.9. The second-order valence-corrected chi connectivity index (χ2v) is 21.6. The van der Waals surface area contributed by atoms with Crippen molar-refractivity contribution < 1.29 is 130 Å². The van der Waals surface area contributed by atoms with Gasteiger partial charge in [-0.1, -0.05) is 104 Å². The predicted octanol–water partition coefficient (Wildman–Crippen LogP) is 0.646. The van der Waals surface area contributed by atoms with Gasteiger partial charge in [0.2, 0.25) is 0 Å². The average molecular weight is 1260 g/mol. The number of ether oxygens (including phenoxy) is 11. The quantitative estimate of drug-likeness (QED) is 0.0603. The number of carbonyl (C=O) groups is 2. The summed E-state index contributed by atoms with van der Waals surface area (Å²) in [5.41, 5.74) is 1.05. The van der Waals surface area contributed by atoms with E-state index in [-0.39, 0.29) is 82.0 Å². The number of hydrogen-bond acceptors (Lipinski definition) is 26. The minimum atomic E-state index is -1.57. The second-order valence-electron chi connectivity index (χ2n) is 21.6. The van der Waals surface area contributed by atoms with Crippen LogP contribution in [-0.2, 0) is 52.1 Å². The Morgan fingerprint density at radius 3 is 1.06 bits per heavy atom. The van der Waals surface area contributed by atoms with Crippen LogP contribution in [-0.4, -0.2) is 253 Å². The van der Waals surface area contributed by atoms with Gasteiger partial charge in [0.05, 0.1) is 74.3 Å². The minimum absolute atomic E-state index is 0. The van der Waals surface area contributed by atoms with Gasteiger partial charge in [0, 0.05) is 13.3 Å². The molecule has 0 amide bonds. The fraction of sp³-hybridized carbons (Fsp3) is 0.645. The number of carbonyl (C=O) groups excluding carboxylic acids is 2. The highest BCUT2D eigenvalue weighted by atomic mass is 16.6. The Bertz CT molecular complexity index is 2150. The Hall–Kier alpha value is -5.18. The van der Waals surface area contributed by atoms with E-state index in [1.165, 1.54) is 25.0 Å². The van der Waals surface area contributed by atoms with Crippen LogP contribution in [0.15, 0.2) is 112 Å². The molecule has 7 rings (SSSR count). The molecule has 0 aliphatic carbocycles. The van der Waals surface area contributed by atoms with Gasteiger partial charge in [-0.2, -0.15) is 0 Å². The average Bonchev–Trinajstić information content (AvgIpc) is 3.04. The molecular formula is C62H98O26. The fourth-order valence-electron chi connectivity index (χ4n) is 10.2. The predicted molar refractivity (Wildman–Crippen MR) is 316 cm³/mol. The number of aliphatic hydroxyl groups is 13. The zero-order valence-corrected chi connectivity index (χ0v) is 50.8. The van der Waals surface area contributed by atoms with E-state index in [0.29, 0.717) is 30.1 Å². The summed E-state index contributed by atoms with van der Waals surface area (Å²) in [6.45, 7) is 25.6. The molecule has 5 aliphatic heterocycles. The summed E-state index contributed by atoms with van der Waals surface area (Å²) in [5.74, 6) is -0.102. The summed E-state index contributed by atoms with van der Waals surface area (Å²) in [4.78, 5) is 24.7. The van der Waals surface area contributed by atoms with E-state index >= 15 is 0 Å². The molecule has 25 atom stereocenters. The van der Waals surface area contributed by atoms with Crippen LogP contribution in [0.4, 0.5) is 0 Å². The zero-order valence-electron chi connectivity index (χ0n) is 50.8. The number of esters is 2. The lowest BCUT2D eigenvalue weighted by molar-refractivity contribution is -0.286. The summed E-state index contributed by atoms with van der Waals surface area (Å²) < 4.78 is 58.9. The molecule has 0 aromatic heterocycles. The molecular weight excluding hydrogens is 1160 g/mol. The SMILES string of the molecule is C=COCC1O[C@H](CC)[C@@H](C)[C@H](C)[C@H]1OC(=O)c1ccccc1.C=COCC1O[C@H](CC)[C@@H](O)[C@H](O)[C@H]1O.C=COCC1O[C@H](CO)[C@@H](C)[C@H](C)[C@H]1OC(=O)c1ccccc1.C=COCC1O[C@H](CO)[C@@H](O)[C@H](O)[C@H]1O.OC[C@H]1O[C@@H](O)[C@H](O)[C@@H](O)[C@@H]1O.[2HH]. The molecule has 5 heterocycles. The van der Waals surface area contributed by atoms with Crippen LogP contribution in [0.2, 0.25) is 0 Å². The highest BCUT2D eigenvalue weighted by molar-refractivity contribution is 5.90. The molecule has 0 bridgehead atoms. The summed E-state index contributed by atoms with van der Waals surface area (Å²) in [6.07, 6.45) is -12.1. The van der Waals surface area contributed by atoms with Crippen molar-refractivity contribution >= 4 is 11.9 Å². The van der Waals surface area contributed by atoms with Gasteiger partial charge in [0.15, 0.2) is 6.29 Å². The molecule has 26 nitrogen and oxygen atoms in total. The molecule has 88 heavy (non-hydrogen) atoms. The van der Waals surface area contributed by atoms with Crippen molar-refractivity contribution in [1.29, 1.82) is 0 Å². The molecule has 0 spiro atoms. The molecule has 2 aromatic carbocycles. The number of benzene rings is 2. The number of rotatable bonds is 21. The molecule has 5 aliphatic rings. The molecule has 5 fully saturated rings. The van der Waals surface area contributed by atoms with Crippen molar-refractivity contribution in [3.8, 4) is 0 Å². The maximum atomic E-state index is 12.4. The highest BCUT2D eigenvalue weighted by Crippen LogP contribution is 2.36. The third kappa shape index (κ3) is 22.0. The Balaban J connectivity index is 0.000000387. The van der Waals surface area contributed by atoms with Crippen LogP contribution in [0.1, 0.15) is 76.5 Å². The molecule has 26 heteroatoms. The molecule has 13 N–H and O–H groups in total. The Morgan fingerprint density at radius 2 is 0.693 bits per heavy atom. The molecule has 502 valence electrons. The first kappa shape index (κ1) is 77.1. The summed E-state index contributed by atoms with van der Waals surface area (Å²) in [6, 6.07) is 17.9. The first-order chi connectivity index (χ1) is 42.0. The van der Waals surface area contributed by atoms with Gasteiger partial charge in [-0.15, -0.1) is 0 Å². The van der Waals surface area contributed by atoms with Crippen molar-refractivity contribution in [3.05, 3.63) is 123 Å². The van der Waals surface area contributed by atoms with Gasteiger partial charge >= 0.3 is 11.9 Å². The fourth-order valence-corrected chi connectivity index (χ4v) is 10.2. The Labute approximate surface area is 515 Å². The van der Waals surface area contributed by atoms with E-state index in [2.05, 4.69) is 51.8 Å². The monoisotopic (exact) mass is 1260 g/mol. The van der Waals surface area contributed by atoms with E-state index in [0.717, 1.165) is 6.42 Å². The first-order valence-corrected chi connectivity index (χ1v) is 29.3. The summed E-state index contributed by atoms with van der Waals surface area (Å²) >= 11 is 0. The van der Waals surface area contributed by atoms with Crippen molar-refractivity contribution in [2.45, 2.75) is 183 Å². The lowest BCUT2D eigenvalue weighted by Gasteiger charge is -2.43. The number of hydrogen-bond donors (Lipinski definition) is 13. The molecule has 0 saturated carbocycles. The van der Waals surface area contributed by atoms with Crippen molar-refractivity contribution in [1.82, 2.24) is 0 Å². The van der Waals surface area contributed by atoms with Crippen LogP contribution < -0.4 is 0 Å². The molecule has 2 aromatic rings. The van der Waals surface area contributed by atoms with Crippen molar-refractivity contribution in [2.75, 3.05) is 46.2 Å². The number of aliphatic hydroxyl groups excluding tert-OH is 13. The van der Waals surface area contributed by atoms with Crippen LogP contribution in [0.5, 0.6) is 0 Å². The largest absolute Gasteiger partial charge is 0.499 e. The van der Waals surface area contributed by atoms with Crippen LogP contribution in [0.3, 0.4) is 0 Å². The maximum absolute atomic E-state index is 12.4. The van der Waals surface area contributed by atoms with Crippen LogP contribution in [0.25, 0.3) is 0 Å². The first-order valence-electron chi connectivity index (χ1n) is 29.3. The standard InChI is InChI=1S/C19H26O4.C18H24O5.C10H18O5.C9H16O6.C6H12O6.H2/c1-5-16-13(3)14(4)18(17(22-16)12-21-6-2)23-19(20)15-10-8-7-9-11-15;1-4-21-11-16-17(13(3)12(2)15(10-19)22-16)23-18(20)14-8-6-5-7-9-14;1-3-6-8(11)10(13)9(12)7(15-6)5-14-4-2;1-2-14-4-6-8(12)9(13)7(11)5(3-10)15-6;7-1-2-3(8)4(9)5(10)6(11)12-2;/h6-11,13-14,16-18H,2,5,12H2,1,3-4H3;4-9,12-13,15-17,19H,1,10-11H2,2-3H3;4,6-13H,2-3,5H2,1H3;2,5-13H,1,3-4H2;2-11H,1H2;1H/t13-,14-,16+,17?,18+;12-,13-,15+,16?,17+;6-,7?,8-,9+,10+;5-,6?,7-,8+,9+;2-,3-,4+,5-,6-;/m00111./s1/i;;;;;1+1. The van der Waals surface area contributed by atoms with Gasteiger partial charge in [0.1, 0.15) is 130 Å². The molecule has 4 unspecified atom stereocenters. The van der Waals surface area contributed by atoms with Crippen molar-refractivity contribution in [2.24, 2.45) is 23.7 Å². The molecule has 0 radical (unpaired) electrons. The third-order valence-corrected chi connectivity index (χ3v) is 16.0. The third-order valence-electron chi connectivity index (χ3n) is 16.0. The lowest BCUT2D eigenvalue weighted by Crippen LogP contribution is -2.59. The van der Waals surface area contributed by atoms with E-state index in [1.807, 2.05) is 45.0 Å². The highest BCUT2D eigenvalue weighted by Gasteiger charge is 2.47. The lowest BCUT2D eigenvalue weighted by atomic mass is 9.80. The van der Waals surface area contributed by atoms with E-state index in [9.17, 15) is 45.3 Å². The summed E-state index contributed by atoms with van der Waals surface area (Å²) in [7, 11) is 0. The van der Waals surface area contributed by atoms with Gasteiger partial charge < -0.3 is 118 Å². The van der Waals surface area contributed by atoms with Gasteiger partial charge in [-0.25, -0.2) is 9.59 Å². The minimum Gasteiger partial charge on any atom is -0.499 e. The van der Waals surface area contributed by atoms with Crippen LogP contribution >= 0.6 is 0 Å².